The Morgan fingerprint density at radius 3 is 2.67 bits per heavy atom. The van der Waals surface area contributed by atoms with Gasteiger partial charge in [0.25, 0.3) is 6.01 Å². The minimum atomic E-state index is -0.503. The molecule has 0 aliphatic carbocycles. The smallest absolute Gasteiger partial charge is 0.410 e. The summed E-state index contributed by atoms with van der Waals surface area (Å²) in [6.45, 7) is 8.05. The normalized spacial score (nSPS) is 16.4. The number of hydrogen-bond donors (Lipinski definition) is 0. The highest BCUT2D eigenvalue weighted by atomic mass is 16.6. The largest absolute Gasteiger partial charge is 0.464 e. The van der Waals surface area contributed by atoms with E-state index in [9.17, 15) is 4.79 Å². The summed E-state index contributed by atoms with van der Waals surface area (Å²) in [5, 5.41) is 9.06. The van der Waals surface area contributed by atoms with Crippen molar-refractivity contribution in [1.29, 1.82) is 5.26 Å². The van der Waals surface area contributed by atoms with E-state index in [-0.39, 0.29) is 12.0 Å². The Labute approximate surface area is 194 Å². The second-order valence-electron chi connectivity index (χ2n) is 9.52. The number of nitriles is 1. The van der Waals surface area contributed by atoms with Crippen molar-refractivity contribution in [1.82, 2.24) is 14.5 Å². The van der Waals surface area contributed by atoms with Gasteiger partial charge in [0.05, 0.1) is 35.8 Å². The number of para-hydroxylation sites is 2. The maximum Gasteiger partial charge on any atom is 0.410 e. The van der Waals surface area contributed by atoms with Gasteiger partial charge in [0.1, 0.15) is 5.60 Å². The summed E-state index contributed by atoms with van der Waals surface area (Å²) in [5.74, 6) is 0.217. The molecule has 3 aromatic rings. The summed E-state index contributed by atoms with van der Waals surface area (Å²) in [4.78, 5) is 19.0. The number of aromatic nitrogens is 2. The Hall–Kier alpha value is -3.53. The Bertz CT molecular complexity index is 1150. The van der Waals surface area contributed by atoms with Crippen LogP contribution in [0, 0.1) is 17.2 Å². The van der Waals surface area contributed by atoms with Gasteiger partial charge in [0, 0.05) is 19.0 Å². The highest BCUT2D eigenvalue weighted by Crippen LogP contribution is 2.25. The Morgan fingerprint density at radius 2 is 1.94 bits per heavy atom. The van der Waals surface area contributed by atoms with Crippen LogP contribution in [-0.4, -0.2) is 45.8 Å². The van der Waals surface area contributed by atoms with Crippen molar-refractivity contribution in [3.8, 4) is 12.1 Å². The van der Waals surface area contributed by atoms with Crippen LogP contribution in [-0.2, 0) is 11.3 Å². The molecule has 1 aliphatic rings. The predicted octanol–water partition coefficient (Wildman–Crippen LogP) is 4.98. The summed E-state index contributed by atoms with van der Waals surface area (Å²) in [7, 11) is 0. The first kappa shape index (κ1) is 22.7. The Morgan fingerprint density at radius 1 is 1.18 bits per heavy atom. The zero-order valence-corrected chi connectivity index (χ0v) is 19.5. The highest BCUT2D eigenvalue weighted by molar-refractivity contribution is 5.76. The molecule has 1 saturated heterocycles. The molecular weight excluding hydrogens is 416 g/mol. The lowest BCUT2D eigenvalue weighted by Crippen LogP contribution is -2.44. The van der Waals surface area contributed by atoms with Gasteiger partial charge in [-0.3, -0.25) is 4.57 Å². The van der Waals surface area contributed by atoms with Crippen molar-refractivity contribution in [2.45, 2.75) is 45.8 Å². The number of fused-ring (bicyclic) bond motifs is 1. The average Bonchev–Trinajstić information content (AvgIpc) is 3.14. The predicted molar refractivity (Wildman–Crippen MR) is 126 cm³/mol. The third kappa shape index (κ3) is 5.64. The molecule has 1 atom stereocenters. The maximum atomic E-state index is 12.5. The molecule has 2 aromatic carbocycles. The summed E-state index contributed by atoms with van der Waals surface area (Å²) < 4.78 is 13.8. The van der Waals surface area contributed by atoms with Crippen molar-refractivity contribution in [3.63, 3.8) is 0 Å². The number of piperidine rings is 1. The van der Waals surface area contributed by atoms with E-state index in [4.69, 9.17) is 19.7 Å². The lowest BCUT2D eigenvalue weighted by Gasteiger charge is -2.33. The first-order valence-electron chi connectivity index (χ1n) is 11.4. The van der Waals surface area contributed by atoms with E-state index in [0.29, 0.717) is 37.8 Å². The van der Waals surface area contributed by atoms with Crippen molar-refractivity contribution < 1.29 is 14.3 Å². The van der Waals surface area contributed by atoms with Crippen LogP contribution in [0.4, 0.5) is 4.79 Å². The summed E-state index contributed by atoms with van der Waals surface area (Å²) in [5.41, 5.74) is 3.07. The van der Waals surface area contributed by atoms with E-state index >= 15 is 0 Å². The molecule has 2 heterocycles. The number of hydrogen-bond acceptors (Lipinski definition) is 5. The second kappa shape index (κ2) is 9.53. The van der Waals surface area contributed by atoms with E-state index in [1.54, 1.807) is 4.90 Å². The van der Waals surface area contributed by atoms with Crippen molar-refractivity contribution in [3.05, 3.63) is 59.7 Å². The van der Waals surface area contributed by atoms with E-state index in [1.807, 2.05) is 69.3 Å². The molecule has 1 amide bonds. The minimum absolute atomic E-state index is 0.217. The molecule has 1 aromatic heterocycles. The zero-order chi connectivity index (χ0) is 23.4. The molecule has 1 aliphatic heterocycles. The van der Waals surface area contributed by atoms with E-state index in [0.717, 1.165) is 29.4 Å². The fraction of sp³-hybridized carbons (Fsp3) is 0.423. The lowest BCUT2D eigenvalue weighted by atomic mass is 9.99. The molecule has 33 heavy (non-hydrogen) atoms. The molecule has 0 unspecified atom stereocenters. The molecule has 1 fully saturated rings. The highest BCUT2D eigenvalue weighted by Gasteiger charge is 2.28. The monoisotopic (exact) mass is 446 g/mol. The molecule has 172 valence electrons. The molecule has 0 spiro atoms. The first-order valence-corrected chi connectivity index (χ1v) is 11.4. The van der Waals surface area contributed by atoms with Crippen LogP contribution in [0.5, 0.6) is 6.01 Å². The molecule has 0 saturated carbocycles. The zero-order valence-electron chi connectivity index (χ0n) is 19.5. The molecule has 7 heteroatoms. The molecule has 0 N–H and O–H groups in total. The third-order valence-corrected chi connectivity index (χ3v) is 5.66. The second-order valence-corrected chi connectivity index (χ2v) is 9.52. The van der Waals surface area contributed by atoms with Crippen LogP contribution in [0.3, 0.4) is 0 Å². The molecule has 7 nitrogen and oxygen atoms in total. The van der Waals surface area contributed by atoms with E-state index < -0.39 is 5.60 Å². The fourth-order valence-electron chi connectivity index (χ4n) is 4.07. The Kier molecular flexibility index (Phi) is 6.55. The first-order chi connectivity index (χ1) is 15.8. The van der Waals surface area contributed by atoms with E-state index in [2.05, 4.69) is 10.6 Å². The standard InChI is InChI=1S/C26H30N4O3/c1-26(2,3)33-25(31)29-14-6-7-21(16-29)18-32-24-28-22-8-4-5-9-23(22)30(24)17-20-12-10-19(15-27)11-13-20/h4-5,8-13,21H,6-7,14,16-18H2,1-3H3/t21-/m0/s1. The van der Waals surface area contributed by atoms with Crippen LogP contribution in [0.25, 0.3) is 11.0 Å². The summed E-state index contributed by atoms with van der Waals surface area (Å²) in [6, 6.07) is 18.2. The van der Waals surface area contributed by atoms with Gasteiger partial charge in [-0.1, -0.05) is 24.3 Å². The van der Waals surface area contributed by atoms with Gasteiger partial charge < -0.3 is 14.4 Å². The Balaban J connectivity index is 1.47. The quantitative estimate of drug-likeness (QED) is 0.552. The third-order valence-electron chi connectivity index (χ3n) is 5.66. The van der Waals surface area contributed by atoms with Crippen LogP contribution in [0.2, 0.25) is 0 Å². The van der Waals surface area contributed by atoms with Crippen LogP contribution in [0.15, 0.2) is 48.5 Å². The van der Waals surface area contributed by atoms with Crippen LogP contribution < -0.4 is 4.74 Å². The number of amides is 1. The average molecular weight is 447 g/mol. The lowest BCUT2D eigenvalue weighted by molar-refractivity contribution is 0.0136. The number of imidazole rings is 1. The fourth-order valence-corrected chi connectivity index (χ4v) is 4.07. The molecule has 0 bridgehead atoms. The van der Waals surface area contributed by atoms with Gasteiger partial charge in [0.2, 0.25) is 0 Å². The number of likely N-dealkylation sites (tertiary alicyclic amines) is 1. The number of rotatable bonds is 5. The number of carbonyl (C=O) groups is 1. The van der Waals surface area contributed by atoms with Gasteiger partial charge in [-0.25, -0.2) is 4.79 Å². The minimum Gasteiger partial charge on any atom is -0.464 e. The topological polar surface area (TPSA) is 80.4 Å². The van der Waals surface area contributed by atoms with Crippen molar-refractivity contribution in [2.75, 3.05) is 19.7 Å². The van der Waals surface area contributed by atoms with Gasteiger partial charge >= 0.3 is 6.09 Å². The summed E-state index contributed by atoms with van der Waals surface area (Å²) in [6.07, 6.45) is 1.66. The van der Waals surface area contributed by atoms with Gasteiger partial charge in [-0.15, -0.1) is 0 Å². The summed E-state index contributed by atoms with van der Waals surface area (Å²) >= 11 is 0. The van der Waals surface area contributed by atoms with Gasteiger partial charge in [-0.05, 0) is 63.4 Å². The van der Waals surface area contributed by atoms with Crippen molar-refractivity contribution in [2.24, 2.45) is 5.92 Å². The van der Waals surface area contributed by atoms with Gasteiger partial charge in [-0.2, -0.15) is 10.2 Å². The number of ether oxygens (including phenoxy) is 2. The molecule has 4 rings (SSSR count). The molecular formula is C26H30N4O3. The van der Waals surface area contributed by atoms with Gasteiger partial charge in [0.15, 0.2) is 0 Å². The van der Waals surface area contributed by atoms with Crippen LogP contribution >= 0.6 is 0 Å². The SMILES string of the molecule is CC(C)(C)OC(=O)N1CCC[C@H](COc2nc3ccccc3n2Cc2ccc(C#N)cc2)C1. The number of benzene rings is 2. The number of nitrogens with zero attached hydrogens (tertiary/aromatic N) is 4. The maximum absolute atomic E-state index is 12.5. The van der Waals surface area contributed by atoms with Crippen LogP contribution in [0.1, 0.15) is 44.7 Å². The van der Waals surface area contributed by atoms with Crippen molar-refractivity contribution >= 4 is 17.1 Å². The van der Waals surface area contributed by atoms with E-state index in [1.165, 1.54) is 0 Å². The molecule has 0 radical (unpaired) electrons. The number of carbonyl (C=O) groups excluding carboxylic acids is 1.